The molecule has 0 aromatic heterocycles. The Hall–Kier alpha value is -0.170. The molecule has 0 bridgehead atoms. The fourth-order valence-corrected chi connectivity index (χ4v) is 2.45. The minimum Gasteiger partial charge on any atom is -0.393 e. The molecule has 96 valence electrons. The highest BCUT2D eigenvalue weighted by molar-refractivity contribution is 7.88. The van der Waals surface area contributed by atoms with Gasteiger partial charge in [0.1, 0.15) is 0 Å². The Morgan fingerprint density at radius 3 is 2.38 bits per heavy atom. The molecule has 16 heavy (non-hydrogen) atoms. The SMILES string of the molecule is CS(=O)(=O)NCCCNC1CCC(O)CC1. The van der Waals surface area contributed by atoms with Crippen molar-refractivity contribution in [1.82, 2.24) is 10.0 Å². The van der Waals surface area contributed by atoms with E-state index in [1.54, 1.807) is 0 Å². The largest absolute Gasteiger partial charge is 0.393 e. The summed E-state index contributed by atoms with van der Waals surface area (Å²) in [5, 5.41) is 12.7. The maximum Gasteiger partial charge on any atom is 0.208 e. The molecule has 0 spiro atoms. The van der Waals surface area contributed by atoms with E-state index in [1.807, 2.05) is 0 Å². The second kappa shape index (κ2) is 6.54. The Balaban J connectivity index is 1.99. The van der Waals surface area contributed by atoms with Gasteiger partial charge in [0.05, 0.1) is 12.4 Å². The van der Waals surface area contributed by atoms with E-state index in [0.717, 1.165) is 38.6 Å². The van der Waals surface area contributed by atoms with Crippen LogP contribution in [0.4, 0.5) is 0 Å². The van der Waals surface area contributed by atoms with Crippen molar-refractivity contribution >= 4 is 10.0 Å². The van der Waals surface area contributed by atoms with Gasteiger partial charge in [0.15, 0.2) is 0 Å². The van der Waals surface area contributed by atoms with Crippen LogP contribution >= 0.6 is 0 Å². The highest BCUT2D eigenvalue weighted by Crippen LogP contribution is 2.17. The minimum atomic E-state index is -3.05. The van der Waals surface area contributed by atoms with Crippen LogP contribution in [0.15, 0.2) is 0 Å². The molecule has 5 nitrogen and oxygen atoms in total. The predicted molar refractivity (Wildman–Crippen MR) is 63.7 cm³/mol. The number of rotatable bonds is 6. The molecule has 0 amide bonds. The van der Waals surface area contributed by atoms with Gasteiger partial charge >= 0.3 is 0 Å². The number of aliphatic hydroxyl groups excluding tert-OH is 1. The van der Waals surface area contributed by atoms with Crippen molar-refractivity contribution < 1.29 is 13.5 Å². The second-order valence-corrected chi connectivity index (χ2v) is 6.31. The summed E-state index contributed by atoms with van der Waals surface area (Å²) in [6.45, 7) is 1.31. The molecule has 3 N–H and O–H groups in total. The third-order valence-electron chi connectivity index (χ3n) is 2.85. The zero-order valence-corrected chi connectivity index (χ0v) is 10.6. The van der Waals surface area contributed by atoms with E-state index in [9.17, 15) is 13.5 Å². The summed E-state index contributed by atoms with van der Waals surface area (Å²) in [6, 6.07) is 0.488. The maximum atomic E-state index is 10.8. The van der Waals surface area contributed by atoms with Gasteiger partial charge in [-0.1, -0.05) is 0 Å². The Morgan fingerprint density at radius 2 is 1.81 bits per heavy atom. The molecule has 6 heteroatoms. The molecular formula is C10H22N2O3S. The average Bonchev–Trinajstić information content (AvgIpc) is 2.19. The van der Waals surface area contributed by atoms with Gasteiger partial charge in [-0.2, -0.15) is 0 Å². The van der Waals surface area contributed by atoms with Crippen molar-refractivity contribution in [2.24, 2.45) is 0 Å². The summed E-state index contributed by atoms with van der Waals surface area (Å²) in [5.41, 5.74) is 0. The molecule has 1 rings (SSSR count). The molecule has 0 aliphatic heterocycles. The average molecular weight is 250 g/mol. The molecule has 0 aromatic rings. The molecule has 0 unspecified atom stereocenters. The van der Waals surface area contributed by atoms with Gasteiger partial charge in [-0.05, 0) is 38.6 Å². The monoisotopic (exact) mass is 250 g/mol. The van der Waals surface area contributed by atoms with Gasteiger partial charge in [0, 0.05) is 12.6 Å². The van der Waals surface area contributed by atoms with E-state index in [1.165, 1.54) is 6.26 Å². The van der Waals surface area contributed by atoms with Crippen LogP contribution in [0.25, 0.3) is 0 Å². The van der Waals surface area contributed by atoms with E-state index >= 15 is 0 Å². The van der Waals surface area contributed by atoms with Gasteiger partial charge in [-0.25, -0.2) is 13.1 Å². The summed E-state index contributed by atoms with van der Waals surface area (Å²) in [5.74, 6) is 0. The number of hydrogen-bond donors (Lipinski definition) is 3. The van der Waals surface area contributed by atoms with Crippen molar-refractivity contribution in [3.63, 3.8) is 0 Å². The lowest BCUT2D eigenvalue weighted by Gasteiger charge is -2.26. The molecule has 1 fully saturated rings. The first-order valence-electron chi connectivity index (χ1n) is 5.83. The fraction of sp³-hybridized carbons (Fsp3) is 1.00. The lowest BCUT2D eigenvalue weighted by atomic mass is 9.93. The molecule has 0 radical (unpaired) electrons. The Morgan fingerprint density at radius 1 is 1.19 bits per heavy atom. The van der Waals surface area contributed by atoms with E-state index in [4.69, 9.17) is 0 Å². The van der Waals surface area contributed by atoms with Crippen LogP contribution < -0.4 is 10.0 Å². The van der Waals surface area contributed by atoms with Gasteiger partial charge in [-0.3, -0.25) is 0 Å². The standard InChI is InChI=1S/C10H22N2O3S/c1-16(14,15)12-8-2-7-11-9-3-5-10(13)6-4-9/h9-13H,2-8H2,1H3. The molecule has 0 aromatic carbocycles. The number of nitrogens with one attached hydrogen (secondary N) is 2. The lowest BCUT2D eigenvalue weighted by molar-refractivity contribution is 0.117. The van der Waals surface area contributed by atoms with Gasteiger partial charge in [-0.15, -0.1) is 0 Å². The Labute approximate surface area is 97.7 Å². The summed E-state index contributed by atoms with van der Waals surface area (Å²) >= 11 is 0. The normalized spacial score (nSPS) is 26.9. The van der Waals surface area contributed by atoms with Crippen LogP contribution in [0.2, 0.25) is 0 Å². The first-order valence-corrected chi connectivity index (χ1v) is 7.72. The van der Waals surface area contributed by atoms with Crippen LogP contribution in [0.1, 0.15) is 32.1 Å². The predicted octanol–water partition coefficient (Wildman–Crippen LogP) is -0.181. The topological polar surface area (TPSA) is 78.4 Å². The highest BCUT2D eigenvalue weighted by atomic mass is 32.2. The van der Waals surface area contributed by atoms with Gasteiger partial charge < -0.3 is 10.4 Å². The second-order valence-electron chi connectivity index (χ2n) is 4.48. The smallest absolute Gasteiger partial charge is 0.208 e. The number of aliphatic hydroxyl groups is 1. The molecule has 0 heterocycles. The highest BCUT2D eigenvalue weighted by Gasteiger charge is 2.18. The first kappa shape index (κ1) is 13.9. The summed E-state index contributed by atoms with van der Waals surface area (Å²) < 4.78 is 24.0. The van der Waals surface area contributed by atoms with E-state index in [0.29, 0.717) is 12.6 Å². The third-order valence-corrected chi connectivity index (χ3v) is 3.58. The van der Waals surface area contributed by atoms with Crippen molar-refractivity contribution in [2.45, 2.75) is 44.2 Å². The summed E-state index contributed by atoms with van der Waals surface area (Å²) in [4.78, 5) is 0. The maximum absolute atomic E-state index is 10.8. The first-order chi connectivity index (χ1) is 7.47. The van der Waals surface area contributed by atoms with Crippen molar-refractivity contribution in [2.75, 3.05) is 19.3 Å². The van der Waals surface area contributed by atoms with Crippen LogP contribution in [-0.2, 0) is 10.0 Å². The Kier molecular flexibility index (Phi) is 5.68. The fourth-order valence-electron chi connectivity index (χ4n) is 1.93. The summed E-state index contributed by atoms with van der Waals surface area (Å²) in [6.07, 6.45) is 5.62. The molecule has 1 aliphatic rings. The van der Waals surface area contributed by atoms with Crippen LogP contribution in [0, 0.1) is 0 Å². The third kappa shape index (κ3) is 6.42. The van der Waals surface area contributed by atoms with E-state index in [-0.39, 0.29) is 6.10 Å². The quantitative estimate of drug-likeness (QED) is 0.571. The zero-order valence-electron chi connectivity index (χ0n) is 9.78. The zero-order chi connectivity index (χ0) is 12.0. The lowest BCUT2D eigenvalue weighted by Crippen LogP contribution is -2.36. The minimum absolute atomic E-state index is 0.120. The molecular weight excluding hydrogens is 228 g/mol. The molecule has 0 saturated heterocycles. The summed E-state index contributed by atoms with van der Waals surface area (Å²) in [7, 11) is -3.05. The van der Waals surface area contributed by atoms with Crippen molar-refractivity contribution in [1.29, 1.82) is 0 Å². The molecule has 1 saturated carbocycles. The molecule has 0 atom stereocenters. The van der Waals surface area contributed by atoms with Crippen molar-refractivity contribution in [3.8, 4) is 0 Å². The number of hydrogen-bond acceptors (Lipinski definition) is 4. The van der Waals surface area contributed by atoms with Crippen LogP contribution in [0.5, 0.6) is 0 Å². The van der Waals surface area contributed by atoms with Gasteiger partial charge in [0.25, 0.3) is 0 Å². The van der Waals surface area contributed by atoms with Gasteiger partial charge in [0.2, 0.25) is 10.0 Å². The van der Waals surface area contributed by atoms with Crippen LogP contribution in [-0.4, -0.2) is 45.0 Å². The molecule has 1 aliphatic carbocycles. The Bertz CT molecular complexity index is 284. The van der Waals surface area contributed by atoms with Crippen LogP contribution in [0.3, 0.4) is 0 Å². The van der Waals surface area contributed by atoms with E-state index < -0.39 is 10.0 Å². The number of sulfonamides is 1. The van der Waals surface area contributed by atoms with E-state index in [2.05, 4.69) is 10.0 Å². The van der Waals surface area contributed by atoms with Crippen molar-refractivity contribution in [3.05, 3.63) is 0 Å².